The van der Waals surface area contributed by atoms with Crippen molar-refractivity contribution in [1.29, 1.82) is 0 Å². The highest BCUT2D eigenvalue weighted by Gasteiger charge is 2.21. The van der Waals surface area contributed by atoms with Crippen LogP contribution >= 0.6 is 23.2 Å². The van der Waals surface area contributed by atoms with Crippen molar-refractivity contribution in [3.8, 4) is 0 Å². The first kappa shape index (κ1) is 18.5. The molecule has 4 nitrogen and oxygen atoms in total. The molecule has 0 aliphatic carbocycles. The summed E-state index contributed by atoms with van der Waals surface area (Å²) >= 11 is 11.9. The van der Waals surface area contributed by atoms with E-state index in [0.29, 0.717) is 28.9 Å². The van der Waals surface area contributed by atoms with Crippen LogP contribution in [0.15, 0.2) is 18.2 Å². The van der Waals surface area contributed by atoms with Gasteiger partial charge in [0.15, 0.2) is 0 Å². The molecule has 2 rings (SSSR count). The number of hydrogen-bond acceptors (Lipinski definition) is 3. The molecular weight excluding hydrogens is 333 g/mol. The van der Waals surface area contributed by atoms with Gasteiger partial charge in [0.1, 0.15) is 0 Å². The zero-order chi connectivity index (χ0) is 16.8. The van der Waals surface area contributed by atoms with Gasteiger partial charge in [-0.2, -0.15) is 0 Å². The summed E-state index contributed by atoms with van der Waals surface area (Å²) in [6.45, 7) is 5.49. The molecule has 1 fully saturated rings. The number of nitrogens with one attached hydrogen (secondary N) is 1. The first-order valence-electron chi connectivity index (χ1n) is 8.12. The Bertz CT molecular complexity index is 508. The van der Waals surface area contributed by atoms with E-state index >= 15 is 0 Å². The predicted molar refractivity (Wildman–Crippen MR) is 95.7 cm³/mol. The molecule has 23 heavy (non-hydrogen) atoms. The second kappa shape index (κ2) is 8.88. The van der Waals surface area contributed by atoms with Crippen LogP contribution in [0.2, 0.25) is 10.0 Å². The van der Waals surface area contributed by atoms with Crippen LogP contribution < -0.4 is 11.1 Å². The number of carbonyl (C=O) groups is 1. The van der Waals surface area contributed by atoms with Crippen LogP contribution in [0, 0.1) is 5.92 Å². The van der Waals surface area contributed by atoms with Gasteiger partial charge in [-0.3, -0.25) is 4.79 Å². The fraction of sp³-hybridized carbons (Fsp3) is 0.588. The predicted octanol–water partition coefficient (Wildman–Crippen LogP) is 3.06. The summed E-state index contributed by atoms with van der Waals surface area (Å²) < 4.78 is 0. The highest BCUT2D eigenvalue weighted by atomic mass is 35.5. The highest BCUT2D eigenvalue weighted by molar-refractivity contribution is 6.34. The SMILES string of the molecule is CC(N)CN1CCC(CC(=O)NCc2cc(Cl)cc(Cl)c2)CC1. The van der Waals surface area contributed by atoms with Crippen molar-refractivity contribution in [2.75, 3.05) is 19.6 Å². The summed E-state index contributed by atoms with van der Waals surface area (Å²) in [6.07, 6.45) is 2.70. The minimum atomic E-state index is 0.0896. The van der Waals surface area contributed by atoms with E-state index in [1.807, 2.05) is 19.1 Å². The molecule has 1 aromatic rings. The number of benzene rings is 1. The van der Waals surface area contributed by atoms with Gasteiger partial charge in [0, 0.05) is 35.6 Å². The van der Waals surface area contributed by atoms with Gasteiger partial charge in [-0.1, -0.05) is 23.2 Å². The highest BCUT2D eigenvalue weighted by Crippen LogP contribution is 2.21. The largest absolute Gasteiger partial charge is 0.352 e. The summed E-state index contributed by atoms with van der Waals surface area (Å²) in [6, 6.07) is 5.53. The van der Waals surface area contributed by atoms with E-state index in [1.54, 1.807) is 6.07 Å². The van der Waals surface area contributed by atoms with E-state index < -0.39 is 0 Å². The minimum Gasteiger partial charge on any atom is -0.352 e. The Balaban J connectivity index is 1.71. The summed E-state index contributed by atoms with van der Waals surface area (Å²) in [7, 11) is 0. The van der Waals surface area contributed by atoms with E-state index in [0.717, 1.165) is 38.0 Å². The van der Waals surface area contributed by atoms with Crippen LogP contribution in [0.3, 0.4) is 0 Å². The molecule has 1 aromatic carbocycles. The van der Waals surface area contributed by atoms with Gasteiger partial charge in [0.2, 0.25) is 5.91 Å². The lowest BCUT2D eigenvalue weighted by molar-refractivity contribution is -0.122. The first-order chi connectivity index (χ1) is 10.9. The molecule has 1 saturated heterocycles. The summed E-state index contributed by atoms with van der Waals surface area (Å²) in [5.74, 6) is 0.550. The van der Waals surface area contributed by atoms with Crippen molar-refractivity contribution >= 4 is 29.1 Å². The van der Waals surface area contributed by atoms with Crippen LogP contribution in [0.4, 0.5) is 0 Å². The Morgan fingerprint density at radius 3 is 2.48 bits per heavy atom. The van der Waals surface area contributed by atoms with E-state index in [2.05, 4.69) is 10.2 Å². The molecule has 1 amide bonds. The number of likely N-dealkylation sites (tertiary alicyclic amines) is 1. The Kier molecular flexibility index (Phi) is 7.15. The van der Waals surface area contributed by atoms with E-state index in [9.17, 15) is 4.79 Å². The topological polar surface area (TPSA) is 58.4 Å². The van der Waals surface area contributed by atoms with Gasteiger partial charge >= 0.3 is 0 Å². The number of rotatable bonds is 6. The Hall–Kier alpha value is -0.810. The van der Waals surface area contributed by atoms with Crippen LogP contribution in [-0.2, 0) is 11.3 Å². The van der Waals surface area contributed by atoms with Crippen molar-refractivity contribution < 1.29 is 4.79 Å². The van der Waals surface area contributed by atoms with Gasteiger partial charge in [-0.05, 0) is 62.5 Å². The average Bonchev–Trinajstić information content (AvgIpc) is 2.46. The standard InChI is InChI=1S/C17H25Cl2N3O/c1-12(20)11-22-4-2-13(3-5-22)8-17(23)21-10-14-6-15(18)9-16(19)7-14/h6-7,9,12-13H,2-5,8,10-11,20H2,1H3,(H,21,23). The third kappa shape index (κ3) is 6.68. The van der Waals surface area contributed by atoms with E-state index in [4.69, 9.17) is 28.9 Å². The minimum absolute atomic E-state index is 0.0896. The van der Waals surface area contributed by atoms with Crippen LogP contribution in [0.25, 0.3) is 0 Å². The quantitative estimate of drug-likeness (QED) is 0.822. The zero-order valence-corrected chi connectivity index (χ0v) is 15.0. The molecule has 0 spiro atoms. The molecule has 0 radical (unpaired) electrons. The number of hydrogen-bond donors (Lipinski definition) is 2. The number of carbonyl (C=O) groups excluding carboxylic acids is 1. The first-order valence-corrected chi connectivity index (χ1v) is 8.87. The van der Waals surface area contributed by atoms with Gasteiger partial charge in [0.05, 0.1) is 0 Å². The number of piperidine rings is 1. The Morgan fingerprint density at radius 2 is 1.91 bits per heavy atom. The van der Waals surface area contributed by atoms with Gasteiger partial charge < -0.3 is 16.0 Å². The molecule has 1 atom stereocenters. The normalized spacial score (nSPS) is 17.9. The Labute approximate surface area is 148 Å². The fourth-order valence-electron chi connectivity index (χ4n) is 3.03. The maximum atomic E-state index is 12.1. The molecule has 0 saturated carbocycles. The molecule has 1 aliphatic rings. The van der Waals surface area contributed by atoms with E-state index in [-0.39, 0.29) is 11.9 Å². The lowest BCUT2D eigenvalue weighted by Gasteiger charge is -2.32. The van der Waals surface area contributed by atoms with Crippen molar-refractivity contribution in [2.45, 2.75) is 38.8 Å². The summed E-state index contributed by atoms with van der Waals surface area (Å²) in [4.78, 5) is 14.5. The average molecular weight is 358 g/mol. The summed E-state index contributed by atoms with van der Waals surface area (Å²) in [5.41, 5.74) is 6.75. The summed E-state index contributed by atoms with van der Waals surface area (Å²) in [5, 5.41) is 4.13. The maximum Gasteiger partial charge on any atom is 0.220 e. The van der Waals surface area contributed by atoms with Crippen molar-refractivity contribution in [2.24, 2.45) is 11.7 Å². The van der Waals surface area contributed by atoms with Crippen molar-refractivity contribution in [1.82, 2.24) is 10.2 Å². The number of halogens is 2. The van der Waals surface area contributed by atoms with Gasteiger partial charge in [0.25, 0.3) is 0 Å². The third-order valence-corrected chi connectivity index (χ3v) is 4.58. The van der Waals surface area contributed by atoms with Crippen LogP contribution in [0.5, 0.6) is 0 Å². The molecule has 6 heteroatoms. The lowest BCUT2D eigenvalue weighted by atomic mass is 9.93. The zero-order valence-electron chi connectivity index (χ0n) is 13.5. The van der Waals surface area contributed by atoms with Gasteiger partial charge in [-0.25, -0.2) is 0 Å². The van der Waals surface area contributed by atoms with Crippen molar-refractivity contribution in [3.05, 3.63) is 33.8 Å². The van der Waals surface area contributed by atoms with Crippen LogP contribution in [0.1, 0.15) is 31.7 Å². The number of amides is 1. The van der Waals surface area contributed by atoms with Crippen LogP contribution in [-0.4, -0.2) is 36.5 Å². The molecule has 0 bridgehead atoms. The fourth-order valence-corrected chi connectivity index (χ4v) is 3.60. The second-order valence-corrected chi connectivity index (χ2v) is 7.35. The molecule has 0 aromatic heterocycles. The molecular formula is C17H25Cl2N3O. The molecule has 3 N–H and O–H groups in total. The smallest absolute Gasteiger partial charge is 0.220 e. The monoisotopic (exact) mass is 357 g/mol. The number of nitrogens with two attached hydrogens (primary N) is 1. The lowest BCUT2D eigenvalue weighted by Crippen LogP contribution is -2.41. The molecule has 128 valence electrons. The van der Waals surface area contributed by atoms with Gasteiger partial charge in [-0.15, -0.1) is 0 Å². The number of nitrogens with zero attached hydrogens (tertiary/aromatic N) is 1. The molecule has 1 heterocycles. The molecule has 1 aliphatic heterocycles. The van der Waals surface area contributed by atoms with Crippen molar-refractivity contribution in [3.63, 3.8) is 0 Å². The molecule has 1 unspecified atom stereocenters. The second-order valence-electron chi connectivity index (χ2n) is 6.48. The Morgan fingerprint density at radius 1 is 1.30 bits per heavy atom. The third-order valence-electron chi connectivity index (χ3n) is 4.14. The van der Waals surface area contributed by atoms with E-state index in [1.165, 1.54) is 0 Å². The maximum absolute atomic E-state index is 12.1.